The lowest BCUT2D eigenvalue weighted by Crippen LogP contribution is -2.62. The third-order valence-corrected chi connectivity index (χ3v) is 6.20. The minimum Gasteiger partial charge on any atom is -0.461 e. The van der Waals surface area contributed by atoms with Gasteiger partial charge in [0.2, 0.25) is 6.29 Å². The Hall–Kier alpha value is -2.35. The number of nitrogens with one attached hydrogen (secondary N) is 1. The highest BCUT2D eigenvalue weighted by Crippen LogP contribution is 2.32. The van der Waals surface area contributed by atoms with E-state index in [-0.39, 0.29) is 12.2 Å². The zero-order valence-corrected chi connectivity index (χ0v) is 18.4. The molecule has 1 aromatic heterocycles. The van der Waals surface area contributed by atoms with Crippen LogP contribution in [0, 0.1) is 11.3 Å². The van der Waals surface area contributed by atoms with E-state index in [1.165, 1.54) is 0 Å². The molecule has 2 aromatic rings. The summed E-state index contributed by atoms with van der Waals surface area (Å²) in [5, 5.41) is 80.1. The van der Waals surface area contributed by atoms with Gasteiger partial charge in [-0.1, -0.05) is 6.07 Å². The van der Waals surface area contributed by atoms with Crippen LogP contribution in [-0.2, 0) is 20.6 Å². The first-order valence-electron chi connectivity index (χ1n) is 11.0. The molecule has 0 amide bonds. The SMILES string of the molecule is N#CCc1c[nH]c2cccc(OC3OC(COC4OC(CO)C(O)C(O)C4O)C(O)C(O)C3O)c12. The summed E-state index contributed by atoms with van der Waals surface area (Å²) in [5.74, 6) is 0.273. The molecule has 2 fully saturated rings. The van der Waals surface area contributed by atoms with E-state index in [0.717, 1.165) is 0 Å². The van der Waals surface area contributed by atoms with Crippen LogP contribution in [0.4, 0.5) is 0 Å². The van der Waals surface area contributed by atoms with Gasteiger partial charge in [0.25, 0.3) is 0 Å². The molecule has 3 heterocycles. The molecule has 2 aliphatic rings. The Kier molecular flexibility index (Phi) is 7.89. The summed E-state index contributed by atoms with van der Waals surface area (Å²) in [6.07, 6.45) is -13.4. The highest BCUT2D eigenvalue weighted by molar-refractivity contribution is 5.89. The van der Waals surface area contributed by atoms with Crippen molar-refractivity contribution >= 4 is 10.9 Å². The molecule has 10 unspecified atom stereocenters. The van der Waals surface area contributed by atoms with Gasteiger partial charge in [0, 0.05) is 17.1 Å². The molecule has 13 heteroatoms. The predicted octanol–water partition coefficient (Wildman–Crippen LogP) is -2.76. The molecule has 2 saturated heterocycles. The molecular formula is C22H28N2O11. The van der Waals surface area contributed by atoms with E-state index in [1.807, 2.05) is 0 Å². The first-order chi connectivity index (χ1) is 16.8. The number of nitriles is 1. The molecule has 35 heavy (non-hydrogen) atoms. The Bertz CT molecular complexity index is 1040. The number of aromatic amines is 1. The fourth-order valence-electron chi connectivity index (χ4n) is 4.21. The molecule has 1 aromatic carbocycles. The molecule has 13 nitrogen and oxygen atoms in total. The number of fused-ring (bicyclic) bond motifs is 1. The van der Waals surface area contributed by atoms with Gasteiger partial charge in [0.05, 0.1) is 25.7 Å². The van der Waals surface area contributed by atoms with Crippen LogP contribution in [0.1, 0.15) is 5.56 Å². The second-order valence-corrected chi connectivity index (χ2v) is 8.49. The molecule has 0 aliphatic carbocycles. The topological polar surface area (TPSA) is 218 Å². The molecular weight excluding hydrogens is 468 g/mol. The first kappa shape index (κ1) is 25.7. The normalized spacial score (nSPS) is 37.8. The zero-order chi connectivity index (χ0) is 25.3. The van der Waals surface area contributed by atoms with Crippen molar-refractivity contribution in [3.8, 4) is 11.8 Å². The second kappa shape index (κ2) is 10.7. The third kappa shape index (κ3) is 4.99. The number of rotatable bonds is 7. The maximum Gasteiger partial charge on any atom is 0.229 e. The molecule has 0 radical (unpaired) electrons. The summed E-state index contributed by atoms with van der Waals surface area (Å²) >= 11 is 0. The highest BCUT2D eigenvalue weighted by Gasteiger charge is 2.48. The Morgan fingerprint density at radius 3 is 2.23 bits per heavy atom. The van der Waals surface area contributed by atoms with E-state index in [0.29, 0.717) is 16.5 Å². The van der Waals surface area contributed by atoms with Crippen molar-refractivity contribution in [2.45, 2.75) is 67.8 Å². The van der Waals surface area contributed by atoms with Gasteiger partial charge in [0.1, 0.15) is 54.6 Å². The standard InChI is InChI=1S/C22H28N2O11/c23-5-4-9-6-24-10-2-1-3-11(14(9)10)33-22-20(31)18(29)16(27)13(35-22)8-32-21-19(30)17(28)15(26)12(7-25)34-21/h1-3,6,12-13,15-22,24-31H,4,7-8H2. The molecule has 0 saturated carbocycles. The number of benzene rings is 1. The molecule has 10 atom stereocenters. The number of aliphatic hydroxyl groups is 7. The van der Waals surface area contributed by atoms with Gasteiger partial charge in [-0.05, 0) is 17.7 Å². The van der Waals surface area contributed by atoms with Crippen molar-refractivity contribution in [1.29, 1.82) is 5.26 Å². The van der Waals surface area contributed by atoms with E-state index >= 15 is 0 Å². The Morgan fingerprint density at radius 2 is 1.54 bits per heavy atom. The molecule has 0 spiro atoms. The summed E-state index contributed by atoms with van der Waals surface area (Å²) in [7, 11) is 0. The van der Waals surface area contributed by atoms with Crippen LogP contribution in [0.15, 0.2) is 24.4 Å². The first-order valence-corrected chi connectivity index (χ1v) is 11.0. The lowest BCUT2D eigenvalue weighted by atomic mass is 9.98. The van der Waals surface area contributed by atoms with E-state index in [2.05, 4.69) is 11.1 Å². The van der Waals surface area contributed by atoms with Gasteiger partial charge in [-0.3, -0.25) is 0 Å². The van der Waals surface area contributed by atoms with Crippen LogP contribution in [0.3, 0.4) is 0 Å². The number of ether oxygens (including phenoxy) is 4. The van der Waals surface area contributed by atoms with Crippen LogP contribution in [-0.4, -0.2) is 115 Å². The largest absolute Gasteiger partial charge is 0.461 e. The molecule has 192 valence electrons. The predicted molar refractivity (Wildman–Crippen MR) is 115 cm³/mol. The summed E-state index contributed by atoms with van der Waals surface area (Å²) < 4.78 is 22.2. The van der Waals surface area contributed by atoms with E-state index in [9.17, 15) is 35.7 Å². The van der Waals surface area contributed by atoms with Gasteiger partial charge in [-0.25, -0.2) is 0 Å². The highest BCUT2D eigenvalue weighted by atomic mass is 16.7. The number of hydrogen-bond acceptors (Lipinski definition) is 12. The Balaban J connectivity index is 1.48. The summed E-state index contributed by atoms with van der Waals surface area (Å²) in [6, 6.07) is 7.12. The number of aliphatic hydroxyl groups excluding tert-OH is 7. The van der Waals surface area contributed by atoms with Gasteiger partial charge >= 0.3 is 0 Å². The average molecular weight is 496 g/mol. The van der Waals surface area contributed by atoms with E-state index in [4.69, 9.17) is 24.2 Å². The average Bonchev–Trinajstić information content (AvgIpc) is 3.27. The lowest BCUT2D eigenvalue weighted by Gasteiger charge is -2.42. The monoisotopic (exact) mass is 496 g/mol. The van der Waals surface area contributed by atoms with Crippen molar-refractivity contribution in [3.05, 3.63) is 30.0 Å². The number of H-pyrrole nitrogens is 1. The van der Waals surface area contributed by atoms with Crippen molar-refractivity contribution in [1.82, 2.24) is 4.98 Å². The lowest BCUT2D eigenvalue weighted by molar-refractivity contribution is -0.323. The Labute approximate surface area is 199 Å². The van der Waals surface area contributed by atoms with Crippen LogP contribution in [0.25, 0.3) is 10.9 Å². The fraction of sp³-hybridized carbons (Fsp3) is 0.591. The quantitative estimate of drug-likeness (QED) is 0.195. The van der Waals surface area contributed by atoms with Crippen molar-refractivity contribution in [2.75, 3.05) is 13.2 Å². The zero-order valence-electron chi connectivity index (χ0n) is 18.4. The maximum atomic E-state index is 10.5. The number of nitrogens with zero attached hydrogens (tertiary/aromatic N) is 1. The molecule has 4 rings (SSSR count). The van der Waals surface area contributed by atoms with Gasteiger partial charge in [-0.15, -0.1) is 0 Å². The van der Waals surface area contributed by atoms with Crippen molar-refractivity contribution in [3.63, 3.8) is 0 Å². The Morgan fingerprint density at radius 1 is 0.886 bits per heavy atom. The molecule has 8 N–H and O–H groups in total. The van der Waals surface area contributed by atoms with Crippen LogP contribution >= 0.6 is 0 Å². The van der Waals surface area contributed by atoms with Gasteiger partial charge < -0.3 is 59.7 Å². The molecule has 2 aliphatic heterocycles. The fourth-order valence-corrected chi connectivity index (χ4v) is 4.21. The van der Waals surface area contributed by atoms with E-state index < -0.39 is 74.6 Å². The maximum absolute atomic E-state index is 10.5. The third-order valence-electron chi connectivity index (χ3n) is 6.20. The van der Waals surface area contributed by atoms with Crippen LogP contribution in [0.2, 0.25) is 0 Å². The summed E-state index contributed by atoms with van der Waals surface area (Å²) in [6.45, 7) is -1.12. The summed E-state index contributed by atoms with van der Waals surface area (Å²) in [5.41, 5.74) is 1.34. The smallest absolute Gasteiger partial charge is 0.229 e. The van der Waals surface area contributed by atoms with Gasteiger partial charge in [0.15, 0.2) is 6.29 Å². The second-order valence-electron chi connectivity index (χ2n) is 8.49. The minimum atomic E-state index is -1.68. The summed E-state index contributed by atoms with van der Waals surface area (Å²) in [4.78, 5) is 3.02. The minimum absolute atomic E-state index is 0.103. The molecule has 0 bridgehead atoms. The van der Waals surface area contributed by atoms with Crippen molar-refractivity contribution in [2.24, 2.45) is 0 Å². The number of aromatic nitrogens is 1. The van der Waals surface area contributed by atoms with E-state index in [1.54, 1.807) is 24.4 Å². The van der Waals surface area contributed by atoms with Crippen LogP contribution in [0.5, 0.6) is 5.75 Å². The van der Waals surface area contributed by atoms with Crippen molar-refractivity contribution < 1.29 is 54.7 Å². The number of hydrogen-bond donors (Lipinski definition) is 8. The van der Waals surface area contributed by atoms with Crippen LogP contribution < -0.4 is 4.74 Å². The van der Waals surface area contributed by atoms with Gasteiger partial charge in [-0.2, -0.15) is 5.26 Å².